The molecule has 0 aliphatic rings. The van der Waals surface area contributed by atoms with Gasteiger partial charge in [0.2, 0.25) is 0 Å². The van der Waals surface area contributed by atoms with Crippen LogP contribution in [-0.2, 0) is 14.3 Å². The lowest BCUT2D eigenvalue weighted by molar-refractivity contribution is -0.144. The highest BCUT2D eigenvalue weighted by atomic mass is 32.2. The quantitative estimate of drug-likeness (QED) is 0.145. The highest BCUT2D eigenvalue weighted by molar-refractivity contribution is 7.99. The third-order valence-corrected chi connectivity index (χ3v) is 6.31. The number of carboxylic acids is 1. The average molecular weight is 431 g/mol. The molecule has 0 bridgehead atoms. The van der Waals surface area contributed by atoms with Crippen LogP contribution in [0.3, 0.4) is 0 Å². The molecule has 0 rings (SSSR count). The zero-order valence-corrected chi connectivity index (χ0v) is 19.9. The fraction of sp³-hybridized carbons (Fsp3) is 0.917. The molecule has 0 aromatic carbocycles. The number of hydrogen-bond acceptors (Lipinski definition) is 4. The number of thioether (sulfide) groups is 1. The number of carbonyl (C=O) groups is 2. The van der Waals surface area contributed by atoms with E-state index in [0.717, 1.165) is 0 Å². The molecule has 1 N–H and O–H groups in total. The molecule has 0 atom stereocenters. The minimum atomic E-state index is -0.785. The van der Waals surface area contributed by atoms with Gasteiger partial charge in [0.25, 0.3) is 0 Å². The molecule has 0 aromatic heterocycles. The zero-order valence-electron chi connectivity index (χ0n) is 19.1. The van der Waals surface area contributed by atoms with E-state index in [4.69, 9.17) is 9.84 Å². The maximum absolute atomic E-state index is 12.0. The van der Waals surface area contributed by atoms with E-state index in [-0.39, 0.29) is 12.4 Å². The van der Waals surface area contributed by atoms with Crippen molar-refractivity contribution in [1.29, 1.82) is 0 Å². The first-order valence-electron chi connectivity index (χ1n) is 12.0. The van der Waals surface area contributed by atoms with Crippen molar-refractivity contribution < 1.29 is 19.4 Å². The van der Waals surface area contributed by atoms with Crippen LogP contribution in [0.15, 0.2) is 0 Å². The van der Waals surface area contributed by atoms with Crippen molar-refractivity contribution in [2.45, 2.75) is 117 Å². The van der Waals surface area contributed by atoms with Gasteiger partial charge >= 0.3 is 11.9 Å². The van der Waals surface area contributed by atoms with Crippen LogP contribution in [0, 0.1) is 5.92 Å². The van der Waals surface area contributed by atoms with E-state index < -0.39 is 5.97 Å². The van der Waals surface area contributed by atoms with E-state index >= 15 is 0 Å². The van der Waals surface area contributed by atoms with Gasteiger partial charge in [-0.3, -0.25) is 9.59 Å². The number of unbranched alkanes of at least 4 members (excludes halogenated alkanes) is 10. The number of hydrogen-bond donors (Lipinski definition) is 1. The molecular formula is C24H46O4S. The van der Waals surface area contributed by atoms with Gasteiger partial charge in [0.15, 0.2) is 0 Å². The third kappa shape index (κ3) is 21.8. The molecule has 0 aromatic rings. The lowest BCUT2D eigenvalue weighted by atomic mass is 9.95. The molecule has 29 heavy (non-hydrogen) atoms. The van der Waals surface area contributed by atoms with Gasteiger partial charge < -0.3 is 9.84 Å². The Hall–Kier alpha value is -0.710. The van der Waals surface area contributed by atoms with Gasteiger partial charge in [-0.25, -0.2) is 0 Å². The molecule has 0 aliphatic heterocycles. The van der Waals surface area contributed by atoms with Crippen LogP contribution in [0.25, 0.3) is 0 Å². The van der Waals surface area contributed by atoms with Crippen molar-refractivity contribution in [3.8, 4) is 0 Å². The minimum absolute atomic E-state index is 0.135. The second-order valence-electron chi connectivity index (χ2n) is 8.17. The number of carboxylic acid groups (broad SMARTS) is 1. The van der Waals surface area contributed by atoms with E-state index in [1.807, 2.05) is 0 Å². The van der Waals surface area contributed by atoms with E-state index in [2.05, 4.69) is 13.8 Å². The van der Waals surface area contributed by atoms with Gasteiger partial charge in [-0.15, -0.1) is 0 Å². The number of esters is 1. The largest absolute Gasteiger partial charge is 0.481 e. The molecule has 0 amide bonds. The van der Waals surface area contributed by atoms with Gasteiger partial charge in [0, 0.05) is 11.5 Å². The van der Waals surface area contributed by atoms with Crippen molar-refractivity contribution in [1.82, 2.24) is 0 Å². The predicted molar refractivity (Wildman–Crippen MR) is 125 cm³/mol. The lowest BCUT2D eigenvalue weighted by Crippen LogP contribution is -2.15. The Morgan fingerprint density at radius 2 is 1.24 bits per heavy atom. The molecule has 0 saturated heterocycles. The van der Waals surface area contributed by atoms with Gasteiger partial charge in [-0.2, -0.15) is 11.8 Å². The number of aliphatic carboxylic acids is 1. The van der Waals surface area contributed by atoms with Gasteiger partial charge in [-0.1, -0.05) is 90.9 Å². The fourth-order valence-corrected chi connectivity index (χ4v) is 4.27. The first kappa shape index (κ1) is 28.3. The van der Waals surface area contributed by atoms with Crippen molar-refractivity contribution >= 4 is 23.7 Å². The Morgan fingerprint density at radius 1 is 0.759 bits per heavy atom. The monoisotopic (exact) mass is 430 g/mol. The summed E-state index contributed by atoms with van der Waals surface area (Å²) in [5, 5.41) is 8.62. The molecule has 0 radical (unpaired) electrons. The number of ether oxygens (including phenoxy) is 1. The van der Waals surface area contributed by atoms with Gasteiger partial charge in [-0.05, 0) is 18.8 Å². The first-order valence-corrected chi connectivity index (χ1v) is 13.2. The molecule has 0 saturated carbocycles. The van der Waals surface area contributed by atoms with Crippen LogP contribution >= 0.6 is 11.8 Å². The first-order chi connectivity index (χ1) is 14.1. The standard InChI is InChI=1S/C24H46O4S/c1-3-5-7-9-11-13-15-22(16-14-12-10-8-6-4-2)21-28-24(27)18-20-29-19-17-23(25)26/h22H,3-21H2,1-2H3,(H,25,26). The highest BCUT2D eigenvalue weighted by Crippen LogP contribution is 2.20. The number of rotatable bonds is 22. The Labute approximate surface area is 183 Å². The minimum Gasteiger partial charge on any atom is -0.481 e. The van der Waals surface area contributed by atoms with Crippen LogP contribution in [0.4, 0.5) is 0 Å². The van der Waals surface area contributed by atoms with Crippen molar-refractivity contribution in [3.05, 3.63) is 0 Å². The second-order valence-corrected chi connectivity index (χ2v) is 9.39. The van der Waals surface area contributed by atoms with Crippen LogP contribution in [0.2, 0.25) is 0 Å². The average Bonchev–Trinajstić information content (AvgIpc) is 2.70. The third-order valence-electron chi connectivity index (χ3n) is 5.32. The smallest absolute Gasteiger partial charge is 0.306 e. The Morgan fingerprint density at radius 3 is 1.76 bits per heavy atom. The molecule has 0 aliphatic carbocycles. The summed E-state index contributed by atoms with van der Waals surface area (Å²) in [6, 6.07) is 0. The molecule has 0 heterocycles. The topological polar surface area (TPSA) is 63.6 Å². The molecule has 0 unspecified atom stereocenters. The Bertz CT molecular complexity index is 371. The van der Waals surface area contributed by atoms with E-state index in [0.29, 0.717) is 30.5 Å². The Kier molecular flexibility index (Phi) is 21.4. The molecule has 0 fully saturated rings. The normalized spacial score (nSPS) is 11.1. The van der Waals surface area contributed by atoms with Gasteiger partial charge in [0.05, 0.1) is 19.4 Å². The molecule has 0 spiro atoms. The maximum Gasteiger partial charge on any atom is 0.306 e. The SMILES string of the molecule is CCCCCCCCC(CCCCCCCC)COC(=O)CCSCCC(=O)O. The molecule has 4 nitrogen and oxygen atoms in total. The van der Waals surface area contributed by atoms with E-state index in [9.17, 15) is 9.59 Å². The summed E-state index contributed by atoms with van der Waals surface area (Å²) in [7, 11) is 0. The van der Waals surface area contributed by atoms with Gasteiger partial charge in [0.1, 0.15) is 0 Å². The highest BCUT2D eigenvalue weighted by Gasteiger charge is 2.12. The van der Waals surface area contributed by atoms with Crippen LogP contribution in [0.5, 0.6) is 0 Å². The lowest BCUT2D eigenvalue weighted by Gasteiger charge is -2.17. The molecule has 172 valence electrons. The van der Waals surface area contributed by atoms with Crippen LogP contribution in [0.1, 0.15) is 117 Å². The van der Waals surface area contributed by atoms with E-state index in [1.165, 1.54) is 102 Å². The summed E-state index contributed by atoms with van der Waals surface area (Å²) >= 11 is 1.51. The van der Waals surface area contributed by atoms with Crippen LogP contribution < -0.4 is 0 Å². The van der Waals surface area contributed by atoms with Crippen molar-refractivity contribution in [3.63, 3.8) is 0 Å². The Balaban J connectivity index is 4.00. The molecular weight excluding hydrogens is 384 g/mol. The predicted octanol–water partition coefficient (Wildman–Crippen LogP) is 7.25. The van der Waals surface area contributed by atoms with Crippen molar-refractivity contribution in [2.75, 3.05) is 18.1 Å². The van der Waals surface area contributed by atoms with Crippen LogP contribution in [-0.4, -0.2) is 35.2 Å². The fourth-order valence-electron chi connectivity index (χ4n) is 3.44. The van der Waals surface area contributed by atoms with Crippen molar-refractivity contribution in [2.24, 2.45) is 5.92 Å². The zero-order chi connectivity index (χ0) is 21.6. The second kappa shape index (κ2) is 22.0. The summed E-state index contributed by atoms with van der Waals surface area (Å²) < 4.78 is 5.55. The summed E-state index contributed by atoms with van der Waals surface area (Å²) in [5.74, 6) is 0.777. The maximum atomic E-state index is 12.0. The summed E-state index contributed by atoms with van der Waals surface area (Å²) in [6.07, 6.45) is 18.5. The van der Waals surface area contributed by atoms with E-state index in [1.54, 1.807) is 0 Å². The summed E-state index contributed by atoms with van der Waals surface area (Å²) in [4.78, 5) is 22.5. The summed E-state index contributed by atoms with van der Waals surface area (Å²) in [6.45, 7) is 5.05. The number of carbonyl (C=O) groups excluding carboxylic acids is 1. The molecule has 5 heteroatoms. The summed E-state index contributed by atoms with van der Waals surface area (Å²) in [5.41, 5.74) is 0.